The van der Waals surface area contributed by atoms with Crippen LogP contribution in [0.3, 0.4) is 0 Å². The molecule has 1 aromatic heterocycles. The maximum Gasteiger partial charge on any atom is 0.114 e. The maximum atomic E-state index is 6.69. The number of hydrogen-bond donors (Lipinski definition) is 1. The van der Waals surface area contributed by atoms with Crippen LogP contribution in [-0.2, 0) is 6.42 Å². The first-order chi connectivity index (χ1) is 12.7. The summed E-state index contributed by atoms with van der Waals surface area (Å²) < 4.78 is 0. The Morgan fingerprint density at radius 2 is 1.85 bits per heavy atom. The van der Waals surface area contributed by atoms with E-state index in [2.05, 4.69) is 29.2 Å². The molecule has 3 nitrogen and oxygen atoms in total. The summed E-state index contributed by atoms with van der Waals surface area (Å²) in [5.74, 6) is 2.68. The van der Waals surface area contributed by atoms with Gasteiger partial charge in [-0.2, -0.15) is 0 Å². The van der Waals surface area contributed by atoms with Crippen molar-refractivity contribution in [3.63, 3.8) is 0 Å². The Bertz CT molecular complexity index is 776. The van der Waals surface area contributed by atoms with Crippen LogP contribution in [0, 0.1) is 11.3 Å². The third kappa shape index (κ3) is 3.07. The Hall–Kier alpha value is -1.39. The van der Waals surface area contributed by atoms with Gasteiger partial charge in [0.15, 0.2) is 0 Å². The molecule has 1 atom stereocenters. The predicted octanol–water partition coefficient (Wildman–Crippen LogP) is 4.88. The molecule has 26 heavy (non-hydrogen) atoms. The number of rotatable bonds is 4. The fourth-order valence-electron chi connectivity index (χ4n) is 4.89. The molecule has 136 valence electrons. The Kier molecular flexibility index (Phi) is 4.29. The topological polar surface area (TPSA) is 51.8 Å². The molecule has 0 bridgehead atoms. The van der Waals surface area contributed by atoms with Crippen molar-refractivity contribution in [2.24, 2.45) is 17.1 Å². The molecule has 2 aromatic rings. The molecule has 3 aliphatic carbocycles. The molecule has 5 rings (SSSR count). The van der Waals surface area contributed by atoms with E-state index in [-0.39, 0.29) is 11.5 Å². The number of hydrogen-bond acceptors (Lipinski definition) is 4. The van der Waals surface area contributed by atoms with Crippen LogP contribution in [0.15, 0.2) is 41.7 Å². The van der Waals surface area contributed by atoms with Crippen LogP contribution >= 0.6 is 11.8 Å². The first-order valence-electron chi connectivity index (χ1n) is 10.0. The second-order valence-corrected chi connectivity index (χ2v) is 9.56. The van der Waals surface area contributed by atoms with Crippen molar-refractivity contribution in [3.8, 4) is 0 Å². The van der Waals surface area contributed by atoms with E-state index < -0.39 is 0 Å². The first-order valence-corrected chi connectivity index (χ1v) is 11.0. The lowest BCUT2D eigenvalue weighted by Crippen LogP contribution is -2.35. The smallest absolute Gasteiger partial charge is 0.114 e. The van der Waals surface area contributed by atoms with E-state index in [1.165, 1.54) is 61.1 Å². The number of aromatic nitrogens is 2. The van der Waals surface area contributed by atoms with Gasteiger partial charge in [-0.05, 0) is 67.4 Å². The highest BCUT2D eigenvalue weighted by Crippen LogP contribution is 2.55. The number of nitrogens with zero attached hydrogens (tertiary/aromatic N) is 2. The molecule has 2 N–H and O–H groups in total. The zero-order valence-electron chi connectivity index (χ0n) is 15.2. The van der Waals surface area contributed by atoms with E-state index in [0.29, 0.717) is 5.92 Å². The van der Waals surface area contributed by atoms with Crippen molar-refractivity contribution in [1.82, 2.24) is 9.97 Å². The summed E-state index contributed by atoms with van der Waals surface area (Å²) >= 11 is 1.86. The number of fused-ring (bicyclic) bond motifs is 1. The SMILES string of the molecule is N[C@H]1c2ccccc2CC12CCC(c1cnc(SCC3CC3)cn1)CC2. The van der Waals surface area contributed by atoms with Crippen LogP contribution in [0.4, 0.5) is 0 Å². The summed E-state index contributed by atoms with van der Waals surface area (Å²) in [6, 6.07) is 8.96. The summed E-state index contributed by atoms with van der Waals surface area (Å²) in [7, 11) is 0. The van der Waals surface area contributed by atoms with Gasteiger partial charge in [0.25, 0.3) is 0 Å². The lowest BCUT2D eigenvalue weighted by molar-refractivity contribution is 0.148. The van der Waals surface area contributed by atoms with Gasteiger partial charge in [0.05, 0.1) is 11.9 Å². The zero-order valence-corrected chi connectivity index (χ0v) is 16.0. The van der Waals surface area contributed by atoms with Gasteiger partial charge in [0, 0.05) is 23.9 Å². The molecule has 0 aliphatic heterocycles. The fourth-order valence-corrected chi connectivity index (χ4v) is 5.89. The molecule has 0 saturated heterocycles. The molecule has 1 aromatic carbocycles. The molecule has 0 amide bonds. The van der Waals surface area contributed by atoms with E-state index in [9.17, 15) is 0 Å². The van der Waals surface area contributed by atoms with E-state index in [1.54, 1.807) is 0 Å². The van der Waals surface area contributed by atoms with Crippen LogP contribution < -0.4 is 5.73 Å². The van der Waals surface area contributed by atoms with Gasteiger partial charge in [-0.25, -0.2) is 4.98 Å². The summed E-state index contributed by atoms with van der Waals surface area (Å²) in [5, 5.41) is 1.08. The monoisotopic (exact) mass is 365 g/mol. The molecule has 4 heteroatoms. The van der Waals surface area contributed by atoms with Crippen molar-refractivity contribution in [2.45, 2.75) is 61.9 Å². The molecule has 2 fully saturated rings. The third-order valence-corrected chi connectivity index (χ3v) is 7.95. The fraction of sp³-hybridized carbons (Fsp3) is 0.545. The van der Waals surface area contributed by atoms with Crippen molar-refractivity contribution in [1.29, 1.82) is 0 Å². The number of nitrogens with two attached hydrogens (primary N) is 1. The highest BCUT2D eigenvalue weighted by molar-refractivity contribution is 7.99. The normalized spacial score (nSPS) is 30.5. The second kappa shape index (κ2) is 6.65. The lowest BCUT2D eigenvalue weighted by Gasteiger charge is -2.40. The Morgan fingerprint density at radius 3 is 2.54 bits per heavy atom. The number of thioether (sulfide) groups is 1. The molecular weight excluding hydrogens is 338 g/mol. The molecule has 0 radical (unpaired) electrons. The van der Waals surface area contributed by atoms with Crippen LogP contribution in [-0.4, -0.2) is 15.7 Å². The molecule has 1 spiro atoms. The highest BCUT2D eigenvalue weighted by atomic mass is 32.2. The van der Waals surface area contributed by atoms with Gasteiger partial charge < -0.3 is 5.73 Å². The third-order valence-electron chi connectivity index (χ3n) is 6.80. The van der Waals surface area contributed by atoms with Crippen LogP contribution in [0.1, 0.15) is 67.3 Å². The highest BCUT2D eigenvalue weighted by Gasteiger charge is 2.46. The second-order valence-electron chi connectivity index (χ2n) is 8.52. The van der Waals surface area contributed by atoms with Gasteiger partial charge >= 0.3 is 0 Å². The van der Waals surface area contributed by atoms with Gasteiger partial charge in [-0.15, -0.1) is 11.8 Å². The Balaban J connectivity index is 1.23. The summed E-state index contributed by atoms with van der Waals surface area (Å²) in [5.41, 5.74) is 11.0. The summed E-state index contributed by atoms with van der Waals surface area (Å²) in [4.78, 5) is 9.43. The predicted molar refractivity (Wildman–Crippen MR) is 106 cm³/mol. The lowest BCUT2D eigenvalue weighted by atomic mass is 9.66. The number of benzene rings is 1. The van der Waals surface area contributed by atoms with Crippen LogP contribution in [0.25, 0.3) is 0 Å². The molecule has 3 aliphatic rings. The Labute approximate surface area is 160 Å². The summed E-state index contributed by atoms with van der Waals surface area (Å²) in [6.45, 7) is 0. The quantitative estimate of drug-likeness (QED) is 0.785. The van der Waals surface area contributed by atoms with Gasteiger partial charge in [0.1, 0.15) is 5.03 Å². The molecule has 0 unspecified atom stereocenters. The largest absolute Gasteiger partial charge is 0.323 e. The van der Waals surface area contributed by atoms with E-state index >= 15 is 0 Å². The first kappa shape index (κ1) is 16.8. The van der Waals surface area contributed by atoms with E-state index in [1.807, 2.05) is 24.2 Å². The van der Waals surface area contributed by atoms with E-state index in [4.69, 9.17) is 10.7 Å². The minimum absolute atomic E-state index is 0.201. The van der Waals surface area contributed by atoms with Crippen molar-refractivity contribution >= 4 is 11.8 Å². The average Bonchev–Trinajstić information content (AvgIpc) is 3.48. The van der Waals surface area contributed by atoms with Crippen molar-refractivity contribution in [3.05, 3.63) is 53.5 Å². The zero-order chi connectivity index (χ0) is 17.6. The molecular formula is C22H27N3S. The molecule has 2 saturated carbocycles. The minimum atomic E-state index is 0.201. The minimum Gasteiger partial charge on any atom is -0.323 e. The maximum absolute atomic E-state index is 6.69. The van der Waals surface area contributed by atoms with E-state index in [0.717, 1.165) is 17.4 Å². The summed E-state index contributed by atoms with van der Waals surface area (Å²) in [6.07, 6.45) is 12.7. The van der Waals surface area contributed by atoms with Crippen molar-refractivity contribution in [2.75, 3.05) is 5.75 Å². The van der Waals surface area contributed by atoms with Gasteiger partial charge in [-0.1, -0.05) is 24.3 Å². The van der Waals surface area contributed by atoms with Crippen molar-refractivity contribution < 1.29 is 0 Å². The van der Waals surface area contributed by atoms with Gasteiger partial charge in [-0.3, -0.25) is 4.98 Å². The van der Waals surface area contributed by atoms with Crippen LogP contribution in [0.5, 0.6) is 0 Å². The standard InChI is InChI=1S/C22H27N3S/c23-21-18-4-2-1-3-17(18)11-22(21)9-7-16(8-10-22)19-12-25-20(13-24-19)26-14-15-5-6-15/h1-4,12-13,15-16,21H,5-11,14,23H2/t16?,21-,22?/m0/s1. The van der Waals surface area contributed by atoms with Gasteiger partial charge in [0.2, 0.25) is 0 Å². The molecule has 1 heterocycles. The Morgan fingerprint density at radius 1 is 1.04 bits per heavy atom. The average molecular weight is 366 g/mol. The van der Waals surface area contributed by atoms with Crippen LogP contribution in [0.2, 0.25) is 0 Å².